The van der Waals surface area contributed by atoms with Crippen LogP contribution in [0, 0.1) is 5.82 Å². The predicted molar refractivity (Wildman–Crippen MR) is 106 cm³/mol. The van der Waals surface area contributed by atoms with Gasteiger partial charge in [-0.25, -0.2) is 4.39 Å². The summed E-state index contributed by atoms with van der Waals surface area (Å²) in [5, 5.41) is 6.08. The van der Waals surface area contributed by atoms with Crippen molar-refractivity contribution in [2.24, 2.45) is 0 Å². The lowest BCUT2D eigenvalue weighted by molar-refractivity contribution is 0.0949. The van der Waals surface area contributed by atoms with E-state index >= 15 is 0 Å². The minimum Gasteiger partial charge on any atom is -0.350 e. The average molecular weight is 398 g/mol. The van der Waals surface area contributed by atoms with E-state index in [1.54, 1.807) is 12.1 Å². The van der Waals surface area contributed by atoms with Gasteiger partial charge >= 0.3 is 0 Å². The average Bonchev–Trinajstić information content (AvgIpc) is 2.71. The first-order valence-electron chi connectivity index (χ1n) is 8.57. The van der Waals surface area contributed by atoms with E-state index in [2.05, 4.69) is 15.6 Å². The smallest absolute Gasteiger partial charge is 0.269 e. The molecule has 0 aliphatic rings. The monoisotopic (exact) mass is 397 g/mol. The number of carbonyl (C=O) groups excluding carboxylic acids is 2. The molecule has 28 heavy (non-hydrogen) atoms. The molecule has 0 saturated carbocycles. The predicted octanol–water partition coefficient (Wildman–Crippen LogP) is 4.10. The summed E-state index contributed by atoms with van der Waals surface area (Å²) in [6.45, 7) is 0.425. The molecule has 0 bridgehead atoms. The van der Waals surface area contributed by atoms with Crippen molar-refractivity contribution in [1.82, 2.24) is 10.3 Å². The lowest BCUT2D eigenvalue weighted by Gasteiger charge is -2.08. The fourth-order valence-corrected chi connectivity index (χ4v) is 2.62. The maximum Gasteiger partial charge on any atom is 0.269 e. The van der Waals surface area contributed by atoms with Crippen molar-refractivity contribution in [2.75, 3.05) is 11.9 Å². The Kier molecular flexibility index (Phi) is 6.34. The molecule has 0 fully saturated rings. The Balaban J connectivity index is 1.58. The fraction of sp³-hybridized carbons (Fsp3) is 0.0952. The van der Waals surface area contributed by atoms with Crippen LogP contribution in [0.3, 0.4) is 0 Å². The molecule has 0 radical (unpaired) electrons. The second kappa shape index (κ2) is 9.10. The molecule has 0 unspecified atom stereocenters. The first-order valence-corrected chi connectivity index (χ1v) is 8.95. The van der Waals surface area contributed by atoms with Crippen molar-refractivity contribution in [1.29, 1.82) is 0 Å². The zero-order valence-electron chi connectivity index (χ0n) is 14.8. The van der Waals surface area contributed by atoms with Gasteiger partial charge in [-0.05, 0) is 60.5 Å². The van der Waals surface area contributed by atoms with Gasteiger partial charge in [0.2, 0.25) is 0 Å². The van der Waals surface area contributed by atoms with Crippen LogP contribution in [0.2, 0.25) is 5.02 Å². The lowest BCUT2D eigenvalue weighted by Crippen LogP contribution is -2.27. The molecular formula is C21H17ClFN3O2. The standard InChI is InChI=1S/C21H17ClFN3O2/c22-16-3-1-14(2-4-16)9-11-25-21(28)19-13-15(10-12-24-19)20(27)26-18-7-5-17(23)6-8-18/h1-8,10,12-13H,9,11H2,(H,25,28)(H,26,27). The first-order chi connectivity index (χ1) is 13.5. The number of carbonyl (C=O) groups is 2. The van der Waals surface area contributed by atoms with Gasteiger partial charge in [-0.15, -0.1) is 0 Å². The molecule has 3 aromatic rings. The highest BCUT2D eigenvalue weighted by Gasteiger charge is 2.12. The molecular weight excluding hydrogens is 381 g/mol. The molecule has 0 aliphatic heterocycles. The van der Waals surface area contributed by atoms with Gasteiger partial charge in [0.15, 0.2) is 0 Å². The summed E-state index contributed by atoms with van der Waals surface area (Å²) in [7, 11) is 0. The van der Waals surface area contributed by atoms with Crippen molar-refractivity contribution in [2.45, 2.75) is 6.42 Å². The maximum atomic E-state index is 12.9. The van der Waals surface area contributed by atoms with Crippen LogP contribution in [0.15, 0.2) is 66.9 Å². The summed E-state index contributed by atoms with van der Waals surface area (Å²) in [6.07, 6.45) is 2.04. The number of halogens is 2. The van der Waals surface area contributed by atoms with E-state index in [0.717, 1.165) is 5.56 Å². The van der Waals surface area contributed by atoms with E-state index < -0.39 is 5.91 Å². The van der Waals surface area contributed by atoms with Crippen LogP contribution in [0.4, 0.5) is 10.1 Å². The summed E-state index contributed by atoms with van der Waals surface area (Å²) in [5.74, 6) is -1.17. The molecule has 0 spiro atoms. The number of anilines is 1. The van der Waals surface area contributed by atoms with Crippen LogP contribution < -0.4 is 10.6 Å². The van der Waals surface area contributed by atoms with Crippen LogP contribution in [0.1, 0.15) is 26.4 Å². The van der Waals surface area contributed by atoms with Crippen LogP contribution in [-0.4, -0.2) is 23.3 Å². The summed E-state index contributed by atoms with van der Waals surface area (Å²) in [4.78, 5) is 28.6. The Morgan fingerprint density at radius 1 is 0.964 bits per heavy atom. The third-order valence-electron chi connectivity index (χ3n) is 3.97. The van der Waals surface area contributed by atoms with Gasteiger partial charge in [-0.1, -0.05) is 23.7 Å². The third kappa shape index (κ3) is 5.37. The number of nitrogens with one attached hydrogen (secondary N) is 2. The van der Waals surface area contributed by atoms with Crippen LogP contribution in [0.25, 0.3) is 0 Å². The number of aromatic nitrogens is 1. The molecule has 5 nitrogen and oxygen atoms in total. The van der Waals surface area contributed by atoms with Gasteiger partial charge in [-0.3, -0.25) is 14.6 Å². The number of nitrogens with zero attached hydrogens (tertiary/aromatic N) is 1. The summed E-state index contributed by atoms with van der Waals surface area (Å²) >= 11 is 5.85. The quantitative estimate of drug-likeness (QED) is 0.657. The third-order valence-corrected chi connectivity index (χ3v) is 4.22. The van der Waals surface area contributed by atoms with E-state index in [4.69, 9.17) is 11.6 Å². The molecule has 142 valence electrons. The summed E-state index contributed by atoms with van der Waals surface area (Å²) < 4.78 is 12.9. The fourth-order valence-electron chi connectivity index (χ4n) is 2.49. The van der Waals surface area contributed by atoms with Crippen molar-refractivity contribution >= 4 is 29.1 Å². The zero-order chi connectivity index (χ0) is 19.9. The zero-order valence-corrected chi connectivity index (χ0v) is 15.5. The second-order valence-electron chi connectivity index (χ2n) is 6.02. The largest absolute Gasteiger partial charge is 0.350 e. The minimum absolute atomic E-state index is 0.142. The second-order valence-corrected chi connectivity index (χ2v) is 6.46. The number of pyridine rings is 1. The van der Waals surface area contributed by atoms with Gasteiger partial charge < -0.3 is 10.6 Å². The molecule has 0 atom stereocenters. The number of amides is 2. The summed E-state index contributed by atoms with van der Waals surface area (Å²) in [6, 6.07) is 15.7. The SMILES string of the molecule is O=C(Nc1ccc(F)cc1)c1ccnc(C(=O)NCCc2ccc(Cl)cc2)c1. The highest BCUT2D eigenvalue weighted by atomic mass is 35.5. The lowest BCUT2D eigenvalue weighted by atomic mass is 10.1. The molecule has 0 saturated heterocycles. The number of hydrogen-bond acceptors (Lipinski definition) is 3. The van der Waals surface area contributed by atoms with E-state index in [0.29, 0.717) is 23.7 Å². The molecule has 2 amide bonds. The van der Waals surface area contributed by atoms with E-state index in [9.17, 15) is 14.0 Å². The van der Waals surface area contributed by atoms with Crippen molar-refractivity contribution in [3.8, 4) is 0 Å². The Bertz CT molecular complexity index is 976. The van der Waals surface area contributed by atoms with E-state index in [1.165, 1.54) is 42.6 Å². The maximum absolute atomic E-state index is 12.9. The van der Waals surface area contributed by atoms with E-state index in [-0.39, 0.29) is 23.0 Å². The number of benzene rings is 2. The highest BCUT2D eigenvalue weighted by molar-refractivity contribution is 6.30. The first kappa shape index (κ1) is 19.5. The van der Waals surface area contributed by atoms with Crippen LogP contribution in [0.5, 0.6) is 0 Å². The van der Waals surface area contributed by atoms with Gasteiger partial charge in [0.1, 0.15) is 11.5 Å². The molecule has 2 aromatic carbocycles. The van der Waals surface area contributed by atoms with Crippen molar-refractivity contribution in [3.05, 3.63) is 94.5 Å². The number of hydrogen-bond donors (Lipinski definition) is 2. The van der Waals surface area contributed by atoms with Gasteiger partial charge in [0, 0.05) is 29.0 Å². The summed E-state index contributed by atoms with van der Waals surface area (Å²) in [5.41, 5.74) is 1.92. The molecule has 1 aromatic heterocycles. The molecule has 0 aliphatic carbocycles. The van der Waals surface area contributed by atoms with Crippen LogP contribution >= 0.6 is 11.6 Å². The topological polar surface area (TPSA) is 71.1 Å². The highest BCUT2D eigenvalue weighted by Crippen LogP contribution is 2.12. The van der Waals surface area contributed by atoms with Crippen LogP contribution in [-0.2, 0) is 6.42 Å². The Labute approximate surface area is 166 Å². The Morgan fingerprint density at radius 3 is 2.39 bits per heavy atom. The van der Waals surface area contributed by atoms with E-state index in [1.807, 2.05) is 12.1 Å². The Hall–Kier alpha value is -3.25. The number of rotatable bonds is 6. The normalized spacial score (nSPS) is 10.4. The van der Waals surface area contributed by atoms with Gasteiger partial charge in [-0.2, -0.15) is 0 Å². The van der Waals surface area contributed by atoms with Gasteiger partial charge in [0.05, 0.1) is 0 Å². The Morgan fingerprint density at radius 2 is 1.68 bits per heavy atom. The molecule has 2 N–H and O–H groups in total. The molecule has 7 heteroatoms. The molecule has 1 heterocycles. The molecule has 3 rings (SSSR count). The van der Waals surface area contributed by atoms with Crippen molar-refractivity contribution in [3.63, 3.8) is 0 Å². The van der Waals surface area contributed by atoms with Crippen molar-refractivity contribution < 1.29 is 14.0 Å². The minimum atomic E-state index is -0.413. The van der Waals surface area contributed by atoms with Gasteiger partial charge in [0.25, 0.3) is 11.8 Å².